The highest BCUT2D eigenvalue weighted by Gasteiger charge is 2.52. The van der Waals surface area contributed by atoms with Crippen LogP contribution in [0.25, 0.3) is 105 Å². The van der Waals surface area contributed by atoms with Crippen LogP contribution in [0.5, 0.6) is 0 Å². The highest BCUT2D eigenvalue weighted by molar-refractivity contribution is 6.18. The van der Waals surface area contributed by atoms with E-state index in [-0.39, 0.29) is 0 Å². The molecule has 4 heteroatoms. The average Bonchev–Trinajstić information content (AvgIpc) is 4.23. The number of anilines is 3. The molecule has 0 amide bonds. The van der Waals surface area contributed by atoms with E-state index in [2.05, 4.69) is 234 Å². The van der Waals surface area contributed by atoms with Crippen molar-refractivity contribution in [2.75, 3.05) is 4.90 Å². The van der Waals surface area contributed by atoms with Gasteiger partial charge in [0.25, 0.3) is 0 Å². The molecule has 71 heavy (non-hydrogen) atoms. The van der Waals surface area contributed by atoms with E-state index in [0.29, 0.717) is 0 Å². The maximum atomic E-state index is 6.58. The molecule has 16 rings (SSSR count). The Morgan fingerprint density at radius 2 is 0.873 bits per heavy atom. The van der Waals surface area contributed by atoms with Crippen molar-refractivity contribution in [3.8, 4) is 39.1 Å². The predicted octanol–water partition coefficient (Wildman–Crippen LogP) is 18.1. The van der Waals surface area contributed by atoms with Crippen molar-refractivity contribution >= 4 is 82.7 Å². The van der Waals surface area contributed by atoms with Crippen LogP contribution in [0.2, 0.25) is 0 Å². The second-order valence-corrected chi connectivity index (χ2v) is 19.1. The molecule has 0 unspecified atom stereocenters. The Kier molecular flexibility index (Phi) is 7.79. The number of benzene rings is 11. The third-order valence-electron chi connectivity index (χ3n) is 15.6. The zero-order valence-electron chi connectivity index (χ0n) is 38.3. The van der Waals surface area contributed by atoms with E-state index < -0.39 is 5.41 Å². The predicted molar refractivity (Wildman–Crippen MR) is 292 cm³/mol. The lowest BCUT2D eigenvalue weighted by Crippen LogP contribution is -2.26. The molecule has 330 valence electrons. The molecule has 0 fully saturated rings. The van der Waals surface area contributed by atoms with Crippen molar-refractivity contribution in [3.05, 3.63) is 265 Å². The standard InChI is InChI=1S/C67H40N2O2/c1-2-15-43(16-3-1)69-59-35-34-45(38-51(59)52-40-65-54(39-61(52)69)49-20-8-13-28-63(49)71-65)68(44-32-29-41(30-33-44)42-31-36-64-53(37-42)48-19-7-12-27-62(48)70-64)60-26-14-25-58-66(60)50-21-6-11-24-57(50)67(58)55-22-9-4-17-46(55)47-18-5-10-23-56(47)67/h1-40H. The fraction of sp³-hybridized carbons (Fsp3) is 0.0149. The van der Waals surface area contributed by atoms with Crippen molar-refractivity contribution < 1.29 is 8.83 Å². The van der Waals surface area contributed by atoms with Gasteiger partial charge in [0.1, 0.15) is 22.3 Å². The van der Waals surface area contributed by atoms with Gasteiger partial charge >= 0.3 is 0 Å². The monoisotopic (exact) mass is 904 g/mol. The number of nitrogens with zero attached hydrogens (tertiary/aromatic N) is 2. The molecule has 0 aliphatic heterocycles. The Morgan fingerprint density at radius 1 is 0.324 bits per heavy atom. The van der Waals surface area contributed by atoms with Gasteiger partial charge in [-0.15, -0.1) is 0 Å². The molecule has 1 spiro atoms. The topological polar surface area (TPSA) is 34.5 Å². The summed E-state index contributed by atoms with van der Waals surface area (Å²) in [5.41, 5.74) is 22.3. The van der Waals surface area contributed by atoms with E-state index in [1.807, 2.05) is 18.2 Å². The molecule has 0 radical (unpaired) electrons. The number of aromatic nitrogens is 1. The molecule has 0 N–H and O–H groups in total. The minimum absolute atomic E-state index is 0.481. The van der Waals surface area contributed by atoms with Crippen LogP contribution in [0.4, 0.5) is 17.1 Å². The van der Waals surface area contributed by atoms with Crippen LogP contribution in [0.3, 0.4) is 0 Å². The minimum atomic E-state index is -0.481. The molecule has 0 saturated heterocycles. The maximum absolute atomic E-state index is 6.58. The van der Waals surface area contributed by atoms with Crippen LogP contribution in [-0.2, 0) is 5.41 Å². The molecular weight excluding hydrogens is 865 g/mol. The number of fused-ring (bicyclic) bond motifs is 19. The summed E-state index contributed by atoms with van der Waals surface area (Å²) in [5.74, 6) is 0. The molecule has 0 saturated carbocycles. The first-order valence-electron chi connectivity index (χ1n) is 24.4. The van der Waals surface area contributed by atoms with Gasteiger partial charge in [-0.25, -0.2) is 0 Å². The summed E-state index contributed by atoms with van der Waals surface area (Å²) >= 11 is 0. The third kappa shape index (κ3) is 5.23. The van der Waals surface area contributed by atoms with Crippen LogP contribution in [0.15, 0.2) is 251 Å². The first-order valence-corrected chi connectivity index (χ1v) is 24.4. The normalized spacial score (nSPS) is 13.2. The van der Waals surface area contributed by atoms with Crippen LogP contribution in [0, 0.1) is 0 Å². The average molecular weight is 905 g/mol. The minimum Gasteiger partial charge on any atom is -0.456 e. The smallest absolute Gasteiger partial charge is 0.136 e. The van der Waals surface area contributed by atoms with E-state index >= 15 is 0 Å². The number of rotatable bonds is 5. The van der Waals surface area contributed by atoms with Gasteiger partial charge in [-0.3, -0.25) is 0 Å². The van der Waals surface area contributed by atoms with Gasteiger partial charge in [0.2, 0.25) is 0 Å². The summed E-state index contributed by atoms with van der Waals surface area (Å²) in [6, 6.07) is 88.8. The second-order valence-electron chi connectivity index (χ2n) is 19.1. The molecule has 4 nitrogen and oxygen atoms in total. The van der Waals surface area contributed by atoms with E-state index in [4.69, 9.17) is 8.83 Å². The van der Waals surface area contributed by atoms with Crippen molar-refractivity contribution in [1.82, 2.24) is 4.57 Å². The summed E-state index contributed by atoms with van der Waals surface area (Å²) in [6.07, 6.45) is 0. The second kappa shape index (κ2) is 14.3. The van der Waals surface area contributed by atoms with Crippen LogP contribution >= 0.6 is 0 Å². The Balaban J connectivity index is 0.955. The molecule has 2 aliphatic rings. The van der Waals surface area contributed by atoms with E-state index in [1.54, 1.807) is 0 Å². The summed E-state index contributed by atoms with van der Waals surface area (Å²) < 4.78 is 15.2. The van der Waals surface area contributed by atoms with E-state index in [0.717, 1.165) is 99.6 Å². The number of hydrogen-bond acceptors (Lipinski definition) is 3. The summed E-state index contributed by atoms with van der Waals surface area (Å²) in [5, 5.41) is 6.75. The Labute approximate surface area is 408 Å². The lowest BCUT2D eigenvalue weighted by Gasteiger charge is -2.32. The molecule has 3 aromatic heterocycles. The van der Waals surface area contributed by atoms with Gasteiger partial charge < -0.3 is 18.3 Å². The van der Waals surface area contributed by atoms with Gasteiger partial charge in [-0.05, 0) is 135 Å². The lowest BCUT2D eigenvalue weighted by molar-refractivity contribution is 0.669. The fourth-order valence-electron chi connectivity index (χ4n) is 12.7. The van der Waals surface area contributed by atoms with Gasteiger partial charge in [0, 0.05) is 54.9 Å². The Hall–Kier alpha value is -9.38. The van der Waals surface area contributed by atoms with Crippen LogP contribution < -0.4 is 4.90 Å². The zero-order valence-corrected chi connectivity index (χ0v) is 38.3. The van der Waals surface area contributed by atoms with E-state index in [9.17, 15) is 0 Å². The fourth-order valence-corrected chi connectivity index (χ4v) is 12.7. The summed E-state index contributed by atoms with van der Waals surface area (Å²) in [7, 11) is 0. The molecule has 14 aromatic rings. The largest absolute Gasteiger partial charge is 0.456 e. The zero-order chi connectivity index (χ0) is 46.4. The molecule has 11 aromatic carbocycles. The van der Waals surface area contributed by atoms with Gasteiger partial charge in [-0.2, -0.15) is 0 Å². The van der Waals surface area contributed by atoms with E-state index in [1.165, 1.54) is 44.5 Å². The molecule has 3 heterocycles. The quantitative estimate of drug-likeness (QED) is 0.173. The van der Waals surface area contributed by atoms with Gasteiger partial charge in [0.15, 0.2) is 0 Å². The van der Waals surface area contributed by atoms with Crippen molar-refractivity contribution in [2.45, 2.75) is 5.41 Å². The first-order chi connectivity index (χ1) is 35.2. The Morgan fingerprint density at radius 3 is 1.61 bits per heavy atom. The van der Waals surface area contributed by atoms with Gasteiger partial charge in [-0.1, -0.05) is 158 Å². The lowest BCUT2D eigenvalue weighted by atomic mass is 9.70. The molecule has 2 aliphatic carbocycles. The first kappa shape index (κ1) is 38.6. The number of furan rings is 2. The summed E-state index contributed by atoms with van der Waals surface area (Å²) in [6.45, 7) is 0. The van der Waals surface area contributed by atoms with Crippen molar-refractivity contribution in [2.24, 2.45) is 0 Å². The van der Waals surface area contributed by atoms with Gasteiger partial charge in [0.05, 0.1) is 22.1 Å². The van der Waals surface area contributed by atoms with Crippen molar-refractivity contribution in [3.63, 3.8) is 0 Å². The van der Waals surface area contributed by atoms with Crippen molar-refractivity contribution in [1.29, 1.82) is 0 Å². The highest BCUT2D eigenvalue weighted by Crippen LogP contribution is 2.64. The molecule has 0 atom stereocenters. The number of hydrogen-bond donors (Lipinski definition) is 0. The molecule has 0 bridgehead atoms. The van der Waals surface area contributed by atoms with Crippen LogP contribution in [0.1, 0.15) is 22.3 Å². The third-order valence-corrected chi connectivity index (χ3v) is 15.6. The summed E-state index contributed by atoms with van der Waals surface area (Å²) in [4.78, 5) is 2.49. The Bertz CT molecular complexity index is 4490. The number of para-hydroxylation sites is 3. The SMILES string of the molecule is c1ccc(-n2c3ccc(N(c4ccc(-c5ccc6oc7ccccc7c6c5)cc4)c4cccc5c4-c4ccccc4C54c5ccccc5-c5ccccc54)cc3c3cc4oc5ccccc5c4cc32)cc1. The maximum Gasteiger partial charge on any atom is 0.136 e. The molecular formula is C67H40N2O2. The van der Waals surface area contributed by atoms with Crippen LogP contribution in [-0.4, -0.2) is 4.57 Å². The highest BCUT2D eigenvalue weighted by atomic mass is 16.3.